The first-order valence-electron chi connectivity index (χ1n) is 11.5. The van der Waals surface area contributed by atoms with Gasteiger partial charge in [0.1, 0.15) is 11.2 Å². The van der Waals surface area contributed by atoms with Gasteiger partial charge >= 0.3 is 0 Å². The van der Waals surface area contributed by atoms with E-state index in [2.05, 4.69) is 24.8 Å². The van der Waals surface area contributed by atoms with Gasteiger partial charge in [0.25, 0.3) is 0 Å². The fraction of sp³-hybridized carbons (Fsp3) is 0.609. The number of ether oxygens (including phenoxy) is 1. The second kappa shape index (κ2) is 9.13. The Morgan fingerprint density at radius 3 is 2.84 bits per heavy atom. The summed E-state index contributed by atoms with van der Waals surface area (Å²) >= 11 is -1.85. The topological polar surface area (TPSA) is 104 Å². The summed E-state index contributed by atoms with van der Waals surface area (Å²) in [5, 5.41) is 1.87. The number of rotatable bonds is 6. The standard InChI is InChI=1S/C23H31N5O3S/c1-14-26-19-11-25-22-18(7-9-24-22)20(19)21(27-14)16-3-5-17(6-4-16)23(32(29)30)28-10-8-15(12-28)13-31-2/h7,9,11,15-17,23H,3-6,8,10,12-13H2,1-2H3,(H,26,27)(H,29,30). The summed E-state index contributed by atoms with van der Waals surface area (Å²) in [6.45, 7) is 4.43. The first-order chi connectivity index (χ1) is 15.5. The number of pyridine rings is 1. The van der Waals surface area contributed by atoms with Crippen LogP contribution >= 0.6 is 0 Å². The summed E-state index contributed by atoms with van der Waals surface area (Å²) in [7, 11) is 1.72. The molecule has 4 heterocycles. The van der Waals surface area contributed by atoms with E-state index in [9.17, 15) is 8.76 Å². The van der Waals surface area contributed by atoms with Gasteiger partial charge in [-0.05, 0) is 69.4 Å². The molecule has 0 radical (unpaired) electrons. The van der Waals surface area contributed by atoms with Gasteiger partial charge in [0.05, 0.1) is 18.3 Å². The number of likely N-dealkylation sites (tertiary alicyclic amines) is 1. The Balaban J connectivity index is 1.37. The quantitative estimate of drug-likeness (QED) is 0.545. The number of fused-ring (bicyclic) bond motifs is 3. The molecule has 2 fully saturated rings. The Morgan fingerprint density at radius 2 is 2.09 bits per heavy atom. The molecule has 3 unspecified atom stereocenters. The molecule has 5 rings (SSSR count). The molecule has 8 nitrogen and oxygen atoms in total. The smallest absolute Gasteiger partial charge is 0.171 e. The number of aryl methyl sites for hydroxylation is 1. The van der Waals surface area contributed by atoms with Crippen molar-refractivity contribution in [2.45, 2.75) is 50.3 Å². The number of H-pyrrole nitrogens is 1. The number of hydrogen-bond acceptors (Lipinski definition) is 6. The van der Waals surface area contributed by atoms with Crippen molar-refractivity contribution in [3.05, 3.63) is 30.0 Å². The molecule has 0 aromatic carbocycles. The third kappa shape index (κ3) is 4.07. The summed E-state index contributed by atoms with van der Waals surface area (Å²) in [5.41, 5.74) is 2.85. The predicted octanol–water partition coefficient (Wildman–Crippen LogP) is 3.60. The van der Waals surface area contributed by atoms with Gasteiger partial charge in [-0.2, -0.15) is 0 Å². The van der Waals surface area contributed by atoms with Crippen LogP contribution in [0.4, 0.5) is 0 Å². The van der Waals surface area contributed by atoms with Crippen LogP contribution in [-0.4, -0.2) is 65.8 Å². The van der Waals surface area contributed by atoms with Crippen molar-refractivity contribution in [1.82, 2.24) is 24.8 Å². The van der Waals surface area contributed by atoms with Crippen LogP contribution in [-0.2, 0) is 15.8 Å². The van der Waals surface area contributed by atoms with E-state index in [1.807, 2.05) is 19.2 Å². The highest BCUT2D eigenvalue weighted by atomic mass is 32.2. The zero-order chi connectivity index (χ0) is 22.2. The molecule has 3 aromatic rings. The first kappa shape index (κ1) is 21.9. The fourth-order valence-electron chi connectivity index (χ4n) is 5.84. The van der Waals surface area contributed by atoms with Gasteiger partial charge in [0, 0.05) is 36.3 Å². The first-order valence-corrected chi connectivity index (χ1v) is 12.6. The maximum Gasteiger partial charge on any atom is 0.171 e. The Hall–Kier alpha value is -1.94. The summed E-state index contributed by atoms with van der Waals surface area (Å²) in [4.78, 5) is 19.3. The molecule has 2 aliphatic rings. The third-order valence-electron chi connectivity index (χ3n) is 7.26. The van der Waals surface area contributed by atoms with E-state index in [1.54, 1.807) is 13.3 Å². The molecule has 3 aromatic heterocycles. The Kier molecular flexibility index (Phi) is 6.24. The Bertz CT molecular complexity index is 1130. The number of aromatic amines is 1. The van der Waals surface area contributed by atoms with Crippen molar-refractivity contribution in [2.75, 3.05) is 26.8 Å². The number of aromatic nitrogens is 4. The van der Waals surface area contributed by atoms with Crippen LogP contribution in [0, 0.1) is 18.8 Å². The van der Waals surface area contributed by atoms with Gasteiger partial charge in [0.15, 0.2) is 16.7 Å². The predicted molar refractivity (Wildman–Crippen MR) is 125 cm³/mol. The van der Waals surface area contributed by atoms with Gasteiger partial charge < -0.3 is 14.3 Å². The van der Waals surface area contributed by atoms with E-state index in [-0.39, 0.29) is 11.3 Å². The third-order valence-corrected chi connectivity index (χ3v) is 8.35. The molecule has 0 bridgehead atoms. The second-order valence-electron chi connectivity index (χ2n) is 9.32. The highest BCUT2D eigenvalue weighted by Crippen LogP contribution is 2.41. The largest absolute Gasteiger partial charge is 0.384 e. The van der Waals surface area contributed by atoms with Crippen LogP contribution in [0.1, 0.15) is 49.5 Å². The molecule has 172 valence electrons. The zero-order valence-electron chi connectivity index (χ0n) is 18.7. The molecule has 1 aliphatic carbocycles. The van der Waals surface area contributed by atoms with E-state index in [0.29, 0.717) is 11.8 Å². The maximum atomic E-state index is 12.3. The minimum Gasteiger partial charge on any atom is -0.384 e. The van der Waals surface area contributed by atoms with E-state index < -0.39 is 11.1 Å². The van der Waals surface area contributed by atoms with Gasteiger partial charge in [-0.15, -0.1) is 0 Å². The van der Waals surface area contributed by atoms with Gasteiger partial charge in [-0.25, -0.2) is 19.2 Å². The monoisotopic (exact) mass is 457 g/mol. The molecule has 1 aliphatic heterocycles. The lowest BCUT2D eigenvalue weighted by Gasteiger charge is -2.37. The van der Waals surface area contributed by atoms with Crippen LogP contribution in [0.15, 0.2) is 18.5 Å². The average molecular weight is 458 g/mol. The highest BCUT2D eigenvalue weighted by molar-refractivity contribution is 7.79. The van der Waals surface area contributed by atoms with Crippen molar-refractivity contribution in [3.8, 4) is 0 Å². The van der Waals surface area contributed by atoms with Crippen molar-refractivity contribution in [3.63, 3.8) is 0 Å². The molecule has 9 heteroatoms. The molecule has 2 N–H and O–H groups in total. The molecule has 1 saturated carbocycles. The van der Waals surface area contributed by atoms with Gasteiger partial charge in [0.2, 0.25) is 0 Å². The lowest BCUT2D eigenvalue weighted by Crippen LogP contribution is -2.43. The molecule has 0 spiro atoms. The van der Waals surface area contributed by atoms with E-state index in [4.69, 9.17) is 4.74 Å². The van der Waals surface area contributed by atoms with Crippen LogP contribution < -0.4 is 0 Å². The summed E-state index contributed by atoms with van der Waals surface area (Å²) in [6, 6.07) is 2.01. The second-order valence-corrected chi connectivity index (χ2v) is 10.4. The minimum absolute atomic E-state index is 0.231. The zero-order valence-corrected chi connectivity index (χ0v) is 19.5. The summed E-state index contributed by atoms with van der Waals surface area (Å²) in [6.07, 6.45) is 8.50. The normalized spacial score (nSPS) is 26.7. The lowest BCUT2D eigenvalue weighted by molar-refractivity contribution is 0.141. The van der Waals surface area contributed by atoms with E-state index in [1.165, 1.54) is 5.69 Å². The number of hydrogen-bond donors (Lipinski definition) is 2. The van der Waals surface area contributed by atoms with E-state index in [0.717, 1.165) is 79.6 Å². The Morgan fingerprint density at radius 1 is 1.28 bits per heavy atom. The van der Waals surface area contributed by atoms with Crippen molar-refractivity contribution in [1.29, 1.82) is 0 Å². The molecular weight excluding hydrogens is 426 g/mol. The van der Waals surface area contributed by atoms with Gasteiger partial charge in [-0.3, -0.25) is 4.90 Å². The minimum atomic E-state index is -1.85. The van der Waals surface area contributed by atoms with Crippen LogP contribution in [0.2, 0.25) is 0 Å². The fourth-order valence-corrected chi connectivity index (χ4v) is 6.89. The summed E-state index contributed by atoms with van der Waals surface area (Å²) < 4.78 is 27.8. The molecule has 1 saturated heterocycles. The number of nitrogens with one attached hydrogen (secondary N) is 1. The van der Waals surface area contributed by atoms with Crippen LogP contribution in [0.3, 0.4) is 0 Å². The van der Waals surface area contributed by atoms with Crippen molar-refractivity contribution < 1.29 is 13.5 Å². The van der Waals surface area contributed by atoms with E-state index >= 15 is 0 Å². The average Bonchev–Trinajstić information content (AvgIpc) is 3.43. The molecule has 3 atom stereocenters. The SMILES string of the molecule is COCC1CCN(C(C2CCC(c3[nH]c(C)nc4cnc5nccc5c34)CC2)S(=O)O)C1. The maximum absolute atomic E-state index is 12.3. The molecular formula is C23H31N5O3S. The van der Waals surface area contributed by atoms with Crippen LogP contribution in [0.25, 0.3) is 21.9 Å². The van der Waals surface area contributed by atoms with Gasteiger partial charge in [-0.1, -0.05) is 0 Å². The van der Waals surface area contributed by atoms with Crippen molar-refractivity contribution in [2.24, 2.45) is 11.8 Å². The lowest BCUT2D eigenvalue weighted by atomic mass is 9.79. The number of nitrogens with zero attached hydrogens (tertiary/aromatic N) is 4. The van der Waals surface area contributed by atoms with Crippen LogP contribution in [0.5, 0.6) is 0 Å². The number of methoxy groups -OCH3 is 1. The Labute approximate surface area is 190 Å². The highest BCUT2D eigenvalue weighted by Gasteiger charge is 2.39. The summed E-state index contributed by atoms with van der Waals surface area (Å²) in [5.74, 6) is 1.93. The molecule has 32 heavy (non-hydrogen) atoms. The molecule has 0 amide bonds. The van der Waals surface area contributed by atoms with Crippen molar-refractivity contribution >= 4 is 33.0 Å².